The fourth-order valence-corrected chi connectivity index (χ4v) is 2.72. The van der Waals surface area contributed by atoms with E-state index in [1.54, 1.807) is 57.2 Å². The first kappa shape index (κ1) is 22.2. The summed E-state index contributed by atoms with van der Waals surface area (Å²) in [5, 5.41) is 4.02. The van der Waals surface area contributed by atoms with E-state index >= 15 is 0 Å². The molecule has 2 N–H and O–H groups in total. The van der Waals surface area contributed by atoms with Gasteiger partial charge in [0.1, 0.15) is 18.2 Å². The number of nitrogens with one attached hydrogen (secondary N) is 2. The Morgan fingerprint density at radius 2 is 2.00 bits per heavy atom. The van der Waals surface area contributed by atoms with Crippen LogP contribution in [-0.2, 0) is 9.47 Å². The highest BCUT2D eigenvalue weighted by molar-refractivity contribution is 6.02. The van der Waals surface area contributed by atoms with Crippen LogP contribution in [-0.4, -0.2) is 53.8 Å². The summed E-state index contributed by atoms with van der Waals surface area (Å²) >= 11 is 0. The Morgan fingerprint density at radius 1 is 1.31 bits per heavy atom. The Bertz CT molecular complexity index is 770. The number of ether oxygens (including phenoxy) is 2. The number of carbonyl (C=O) groups excluding carboxylic acids is 3. The van der Waals surface area contributed by atoms with E-state index in [1.165, 1.54) is 6.08 Å². The van der Waals surface area contributed by atoms with Crippen molar-refractivity contribution in [2.45, 2.75) is 38.5 Å². The molecule has 8 nitrogen and oxygen atoms in total. The first-order chi connectivity index (χ1) is 13.7. The molecule has 0 saturated heterocycles. The summed E-state index contributed by atoms with van der Waals surface area (Å²) in [5.74, 6) is -0.357. The van der Waals surface area contributed by atoms with Crippen LogP contribution < -0.4 is 10.7 Å². The molecule has 2 rings (SSSR count). The molecule has 2 unspecified atom stereocenters. The molecule has 1 aromatic carbocycles. The smallest absolute Gasteiger partial charge is 0.430 e. The third-order valence-electron chi connectivity index (χ3n) is 3.89. The Kier molecular flexibility index (Phi) is 7.55. The second-order valence-electron chi connectivity index (χ2n) is 7.39. The van der Waals surface area contributed by atoms with Crippen LogP contribution in [0.15, 0.2) is 55.1 Å². The molecule has 1 aromatic rings. The summed E-state index contributed by atoms with van der Waals surface area (Å²) in [5.41, 5.74) is 1.92. The Labute approximate surface area is 170 Å². The largest absolute Gasteiger partial charge is 0.444 e. The molecule has 2 atom stereocenters. The van der Waals surface area contributed by atoms with E-state index in [1.807, 2.05) is 6.08 Å². The van der Waals surface area contributed by atoms with Crippen LogP contribution in [0.5, 0.6) is 0 Å². The third-order valence-corrected chi connectivity index (χ3v) is 3.89. The van der Waals surface area contributed by atoms with Gasteiger partial charge in [-0.25, -0.2) is 20.0 Å². The van der Waals surface area contributed by atoms with Crippen LogP contribution >= 0.6 is 0 Å². The minimum absolute atomic E-state index is 0.0487. The monoisotopic (exact) mass is 401 g/mol. The van der Waals surface area contributed by atoms with Gasteiger partial charge in [0, 0.05) is 12.1 Å². The van der Waals surface area contributed by atoms with Crippen molar-refractivity contribution >= 4 is 18.0 Å². The molecule has 1 aliphatic rings. The van der Waals surface area contributed by atoms with E-state index in [4.69, 9.17) is 9.47 Å². The number of hydrogen-bond acceptors (Lipinski definition) is 6. The summed E-state index contributed by atoms with van der Waals surface area (Å²) in [6.45, 7) is 9.05. The van der Waals surface area contributed by atoms with Gasteiger partial charge in [0.05, 0.1) is 6.04 Å². The summed E-state index contributed by atoms with van der Waals surface area (Å²) in [7, 11) is 0. The molecule has 156 valence electrons. The fourth-order valence-electron chi connectivity index (χ4n) is 2.72. The van der Waals surface area contributed by atoms with E-state index < -0.39 is 29.9 Å². The van der Waals surface area contributed by atoms with Gasteiger partial charge in [-0.2, -0.15) is 0 Å². The SMILES string of the molecule is C=CCOC(=O)NN(C(=O)OC(C)(C)C)C(C(=O)c1ccccc1)C1C=CCN1. The van der Waals surface area contributed by atoms with Crippen molar-refractivity contribution < 1.29 is 23.9 Å². The number of rotatable bonds is 6. The number of ketones is 1. The van der Waals surface area contributed by atoms with Crippen molar-refractivity contribution in [3.63, 3.8) is 0 Å². The molecule has 0 bridgehead atoms. The van der Waals surface area contributed by atoms with Crippen molar-refractivity contribution in [3.05, 3.63) is 60.7 Å². The lowest BCUT2D eigenvalue weighted by Gasteiger charge is -2.34. The van der Waals surface area contributed by atoms with Gasteiger partial charge in [-0.15, -0.1) is 0 Å². The van der Waals surface area contributed by atoms with E-state index in [9.17, 15) is 14.4 Å². The second kappa shape index (κ2) is 9.88. The molecule has 0 saturated carbocycles. The van der Waals surface area contributed by atoms with Crippen molar-refractivity contribution in [2.75, 3.05) is 13.2 Å². The number of hydrogen-bond donors (Lipinski definition) is 2. The lowest BCUT2D eigenvalue weighted by Crippen LogP contribution is -2.61. The van der Waals surface area contributed by atoms with Gasteiger partial charge in [-0.3, -0.25) is 4.79 Å². The van der Waals surface area contributed by atoms with Crippen molar-refractivity contribution in [1.29, 1.82) is 0 Å². The van der Waals surface area contributed by atoms with Gasteiger partial charge in [-0.05, 0) is 20.8 Å². The maximum atomic E-state index is 13.3. The number of amides is 2. The molecule has 0 radical (unpaired) electrons. The van der Waals surface area contributed by atoms with Crippen molar-refractivity contribution in [2.24, 2.45) is 0 Å². The van der Waals surface area contributed by atoms with Crippen LogP contribution in [0.2, 0.25) is 0 Å². The maximum absolute atomic E-state index is 13.3. The highest BCUT2D eigenvalue weighted by Gasteiger charge is 2.40. The average molecular weight is 401 g/mol. The zero-order valence-electron chi connectivity index (χ0n) is 16.9. The Hall–Kier alpha value is -3.13. The van der Waals surface area contributed by atoms with Crippen molar-refractivity contribution in [3.8, 4) is 0 Å². The van der Waals surface area contributed by atoms with Crippen LogP contribution in [0, 0.1) is 0 Å². The molecule has 0 spiro atoms. The van der Waals surface area contributed by atoms with Crippen LogP contribution in [0.4, 0.5) is 9.59 Å². The lowest BCUT2D eigenvalue weighted by molar-refractivity contribution is 0.0000710. The molecule has 2 amide bonds. The number of carbonyl (C=O) groups is 3. The predicted molar refractivity (Wildman–Crippen MR) is 108 cm³/mol. The van der Waals surface area contributed by atoms with Crippen LogP contribution in [0.3, 0.4) is 0 Å². The molecule has 0 aromatic heterocycles. The van der Waals surface area contributed by atoms with Crippen LogP contribution in [0.25, 0.3) is 0 Å². The van der Waals surface area contributed by atoms with Gasteiger partial charge in [0.2, 0.25) is 0 Å². The third kappa shape index (κ3) is 6.46. The molecule has 0 fully saturated rings. The first-order valence-electron chi connectivity index (χ1n) is 9.29. The Morgan fingerprint density at radius 3 is 2.55 bits per heavy atom. The number of benzene rings is 1. The van der Waals surface area contributed by atoms with E-state index in [2.05, 4.69) is 17.3 Å². The lowest BCUT2D eigenvalue weighted by atomic mass is 9.98. The zero-order valence-corrected chi connectivity index (χ0v) is 16.9. The molecule has 0 aliphatic carbocycles. The van der Waals surface area contributed by atoms with Gasteiger partial charge in [0.15, 0.2) is 5.78 Å². The summed E-state index contributed by atoms with van der Waals surface area (Å²) in [6.07, 6.45) is 3.25. The van der Waals surface area contributed by atoms with Gasteiger partial charge < -0.3 is 14.8 Å². The Balaban J connectivity index is 2.39. The maximum Gasteiger partial charge on any atom is 0.430 e. The first-order valence-corrected chi connectivity index (χ1v) is 9.29. The number of hydrazine groups is 1. The fraction of sp³-hybridized carbons (Fsp3) is 0.381. The highest BCUT2D eigenvalue weighted by atomic mass is 16.6. The normalized spacial score (nSPS) is 16.6. The standard InChI is InChI=1S/C21H27N3O5/c1-5-14-28-19(26)23-24(20(27)29-21(2,3)4)17(16-12-9-13-22-16)18(25)15-10-7-6-8-11-15/h5-12,16-17,22H,1,13-14H2,2-4H3,(H,23,26). The topological polar surface area (TPSA) is 97.0 Å². The minimum atomic E-state index is -1.08. The predicted octanol–water partition coefficient (Wildman–Crippen LogP) is 2.83. The van der Waals surface area contributed by atoms with E-state index in [0.717, 1.165) is 5.01 Å². The minimum Gasteiger partial charge on any atom is -0.444 e. The van der Waals surface area contributed by atoms with Crippen LogP contribution in [0.1, 0.15) is 31.1 Å². The molecular formula is C21H27N3O5. The van der Waals surface area contributed by atoms with Crippen molar-refractivity contribution in [1.82, 2.24) is 15.8 Å². The molecule has 8 heteroatoms. The molecule has 29 heavy (non-hydrogen) atoms. The van der Waals surface area contributed by atoms with Gasteiger partial charge in [0.25, 0.3) is 0 Å². The summed E-state index contributed by atoms with van der Waals surface area (Å²) in [6, 6.07) is 6.94. The van der Waals surface area contributed by atoms with Gasteiger partial charge >= 0.3 is 12.2 Å². The van der Waals surface area contributed by atoms with E-state index in [-0.39, 0.29) is 12.4 Å². The molecular weight excluding hydrogens is 374 g/mol. The second-order valence-corrected chi connectivity index (χ2v) is 7.39. The summed E-state index contributed by atoms with van der Waals surface area (Å²) in [4.78, 5) is 38.4. The van der Waals surface area contributed by atoms with Gasteiger partial charge in [-0.1, -0.05) is 55.1 Å². The number of Topliss-reactive ketones (excluding diaryl/α,β-unsaturated/α-hetero) is 1. The quantitative estimate of drug-likeness (QED) is 0.432. The molecule has 1 aliphatic heterocycles. The summed E-state index contributed by atoms with van der Waals surface area (Å²) < 4.78 is 10.4. The van der Waals surface area contributed by atoms with E-state index in [0.29, 0.717) is 12.1 Å². The number of nitrogens with zero attached hydrogens (tertiary/aromatic N) is 1. The zero-order chi connectivity index (χ0) is 21.4. The highest BCUT2D eigenvalue weighted by Crippen LogP contribution is 2.18. The molecule has 1 heterocycles. The average Bonchev–Trinajstić information content (AvgIpc) is 3.19.